The lowest BCUT2D eigenvalue weighted by molar-refractivity contribution is 0.0718. The summed E-state index contributed by atoms with van der Waals surface area (Å²) in [7, 11) is 0. The zero-order valence-electron chi connectivity index (χ0n) is 14.1. The largest absolute Gasteiger partial charge is 0.337 e. The second-order valence-electron chi connectivity index (χ2n) is 6.17. The van der Waals surface area contributed by atoms with Crippen LogP contribution in [0.1, 0.15) is 45.8 Å². The van der Waals surface area contributed by atoms with E-state index in [2.05, 4.69) is 10.3 Å². The first-order valence-electron chi connectivity index (χ1n) is 8.38. The van der Waals surface area contributed by atoms with Crippen LogP contribution in [0.2, 0.25) is 5.02 Å². The molecule has 5 nitrogen and oxygen atoms in total. The Morgan fingerprint density at radius 3 is 2.52 bits per heavy atom. The minimum absolute atomic E-state index is 0.114. The summed E-state index contributed by atoms with van der Waals surface area (Å²) in [4.78, 5) is 31.1. The Labute approximate surface area is 152 Å². The number of piperidine rings is 1. The predicted octanol–water partition coefficient (Wildman–Crippen LogP) is 3.92. The Bertz CT molecular complexity index is 801. The quantitative estimate of drug-likeness (QED) is 0.905. The van der Waals surface area contributed by atoms with Crippen LogP contribution in [0.4, 0.5) is 5.69 Å². The van der Waals surface area contributed by atoms with Crippen molar-refractivity contribution in [1.29, 1.82) is 0 Å². The molecule has 0 atom stereocenters. The molecule has 0 spiro atoms. The third-order valence-electron chi connectivity index (χ3n) is 4.28. The van der Waals surface area contributed by atoms with Crippen molar-refractivity contribution in [3.05, 3.63) is 58.4 Å². The van der Waals surface area contributed by atoms with Crippen LogP contribution in [0.15, 0.2) is 36.4 Å². The number of anilines is 1. The highest BCUT2D eigenvalue weighted by Gasteiger charge is 2.20. The highest BCUT2D eigenvalue weighted by molar-refractivity contribution is 6.30. The molecule has 3 rings (SSSR count). The fourth-order valence-electron chi connectivity index (χ4n) is 2.89. The minimum atomic E-state index is -0.348. The second kappa shape index (κ2) is 7.66. The van der Waals surface area contributed by atoms with Gasteiger partial charge in [-0.05, 0) is 62.1 Å². The van der Waals surface area contributed by atoms with E-state index in [1.54, 1.807) is 41.3 Å². The number of hydrogen-bond donors (Lipinski definition) is 1. The van der Waals surface area contributed by atoms with Gasteiger partial charge in [-0.2, -0.15) is 0 Å². The van der Waals surface area contributed by atoms with Crippen LogP contribution in [-0.4, -0.2) is 34.8 Å². The molecule has 2 aromatic rings. The number of carbonyl (C=O) groups excluding carboxylic acids is 2. The van der Waals surface area contributed by atoms with E-state index < -0.39 is 0 Å². The number of hydrogen-bond acceptors (Lipinski definition) is 3. The van der Waals surface area contributed by atoms with Gasteiger partial charge in [-0.3, -0.25) is 9.59 Å². The highest BCUT2D eigenvalue weighted by atomic mass is 35.5. The second-order valence-corrected chi connectivity index (χ2v) is 6.61. The Hall–Kier alpha value is -2.40. The van der Waals surface area contributed by atoms with Crippen LogP contribution in [0.25, 0.3) is 0 Å². The maximum absolute atomic E-state index is 12.5. The molecule has 6 heteroatoms. The predicted molar refractivity (Wildman–Crippen MR) is 98.1 cm³/mol. The molecule has 0 unspecified atom stereocenters. The van der Waals surface area contributed by atoms with Gasteiger partial charge in [0, 0.05) is 23.8 Å². The van der Waals surface area contributed by atoms with E-state index in [1.165, 1.54) is 0 Å². The Kier molecular flexibility index (Phi) is 5.34. The molecule has 1 saturated heterocycles. The number of halogens is 1. The van der Waals surface area contributed by atoms with Gasteiger partial charge >= 0.3 is 0 Å². The summed E-state index contributed by atoms with van der Waals surface area (Å²) in [6.07, 6.45) is 3.18. The van der Waals surface area contributed by atoms with Crippen LogP contribution in [0.5, 0.6) is 0 Å². The molecule has 0 bridgehead atoms. The summed E-state index contributed by atoms with van der Waals surface area (Å²) in [5, 5.41) is 3.43. The van der Waals surface area contributed by atoms with Crippen molar-refractivity contribution >= 4 is 29.1 Å². The van der Waals surface area contributed by atoms with E-state index in [0.29, 0.717) is 16.4 Å². The van der Waals surface area contributed by atoms with E-state index in [0.717, 1.165) is 37.9 Å². The highest BCUT2D eigenvalue weighted by Crippen LogP contribution is 2.20. The average molecular weight is 358 g/mol. The van der Waals surface area contributed by atoms with Gasteiger partial charge in [-0.25, -0.2) is 4.98 Å². The third-order valence-corrected chi connectivity index (χ3v) is 4.52. The van der Waals surface area contributed by atoms with Crippen molar-refractivity contribution in [2.45, 2.75) is 26.2 Å². The van der Waals surface area contributed by atoms with Crippen molar-refractivity contribution in [2.75, 3.05) is 18.4 Å². The van der Waals surface area contributed by atoms with Crippen molar-refractivity contribution < 1.29 is 9.59 Å². The molecule has 1 aliphatic rings. The van der Waals surface area contributed by atoms with Gasteiger partial charge in [0.2, 0.25) is 0 Å². The molecule has 130 valence electrons. The number of aryl methyl sites for hydroxylation is 1. The van der Waals surface area contributed by atoms with Crippen LogP contribution >= 0.6 is 11.6 Å². The van der Waals surface area contributed by atoms with E-state index in [9.17, 15) is 9.59 Å². The van der Waals surface area contributed by atoms with Crippen LogP contribution in [-0.2, 0) is 0 Å². The molecular formula is C19H20ClN3O2. The Balaban J connectivity index is 1.76. The number of nitrogens with one attached hydrogen (secondary N) is 1. The molecule has 0 saturated carbocycles. The van der Waals surface area contributed by atoms with Gasteiger partial charge in [-0.1, -0.05) is 17.7 Å². The fraction of sp³-hybridized carbons (Fsp3) is 0.316. The zero-order valence-corrected chi connectivity index (χ0v) is 14.8. The molecule has 2 amide bonds. The summed E-state index contributed by atoms with van der Waals surface area (Å²) in [6, 6.07) is 10.2. The molecule has 1 N–H and O–H groups in total. The van der Waals surface area contributed by atoms with E-state index in [1.807, 2.05) is 6.92 Å². The zero-order chi connectivity index (χ0) is 17.8. The number of nitrogens with zero attached hydrogens (tertiary/aromatic N) is 2. The third kappa shape index (κ3) is 4.17. The van der Waals surface area contributed by atoms with E-state index in [-0.39, 0.29) is 17.5 Å². The Morgan fingerprint density at radius 2 is 1.80 bits per heavy atom. The number of amides is 2. The number of pyridine rings is 1. The van der Waals surface area contributed by atoms with Crippen LogP contribution in [0, 0.1) is 6.92 Å². The Morgan fingerprint density at radius 1 is 1.08 bits per heavy atom. The van der Waals surface area contributed by atoms with Crippen LogP contribution in [0.3, 0.4) is 0 Å². The normalized spacial score (nSPS) is 14.2. The lowest BCUT2D eigenvalue weighted by Gasteiger charge is -2.26. The number of likely N-dealkylation sites (tertiary alicyclic amines) is 1. The van der Waals surface area contributed by atoms with Gasteiger partial charge in [0.25, 0.3) is 11.8 Å². The number of benzene rings is 1. The first-order chi connectivity index (χ1) is 12.0. The lowest BCUT2D eigenvalue weighted by Crippen LogP contribution is -2.36. The maximum Gasteiger partial charge on any atom is 0.274 e. The first kappa shape index (κ1) is 17.4. The number of carbonyl (C=O) groups is 2. The van der Waals surface area contributed by atoms with Crippen molar-refractivity contribution in [3.63, 3.8) is 0 Å². The van der Waals surface area contributed by atoms with Gasteiger partial charge < -0.3 is 10.2 Å². The first-order valence-corrected chi connectivity index (χ1v) is 8.76. The summed E-state index contributed by atoms with van der Waals surface area (Å²) >= 11 is 5.93. The molecule has 1 aromatic carbocycles. The fourth-order valence-corrected chi connectivity index (χ4v) is 3.12. The summed E-state index contributed by atoms with van der Waals surface area (Å²) in [5.74, 6) is -0.462. The summed E-state index contributed by atoms with van der Waals surface area (Å²) in [6.45, 7) is 3.37. The molecule has 1 aliphatic heterocycles. The minimum Gasteiger partial charge on any atom is -0.337 e. The van der Waals surface area contributed by atoms with Crippen molar-refractivity contribution in [1.82, 2.24) is 9.88 Å². The molecule has 25 heavy (non-hydrogen) atoms. The summed E-state index contributed by atoms with van der Waals surface area (Å²) < 4.78 is 0. The molecular weight excluding hydrogens is 338 g/mol. The van der Waals surface area contributed by atoms with Crippen molar-refractivity contribution in [3.8, 4) is 0 Å². The number of rotatable bonds is 3. The smallest absolute Gasteiger partial charge is 0.274 e. The molecule has 0 aliphatic carbocycles. The lowest BCUT2D eigenvalue weighted by atomic mass is 10.1. The van der Waals surface area contributed by atoms with Crippen molar-refractivity contribution in [2.24, 2.45) is 0 Å². The maximum atomic E-state index is 12.5. The number of aromatic nitrogens is 1. The van der Waals surface area contributed by atoms with Gasteiger partial charge in [0.15, 0.2) is 0 Å². The summed E-state index contributed by atoms with van der Waals surface area (Å²) in [5.41, 5.74) is 2.06. The average Bonchev–Trinajstić information content (AvgIpc) is 2.64. The molecule has 1 fully saturated rings. The molecule has 2 heterocycles. The standard InChI is InChI=1S/C19H20ClN3O2/c1-13-12-14(20)8-9-15(13)22-18(24)16-6-5-7-17(21-16)19(25)23-10-3-2-4-11-23/h5-9,12H,2-4,10-11H2,1H3,(H,22,24). The SMILES string of the molecule is Cc1cc(Cl)ccc1NC(=O)c1cccc(C(=O)N2CCCCC2)n1. The topological polar surface area (TPSA) is 62.3 Å². The van der Waals surface area contributed by atoms with E-state index in [4.69, 9.17) is 11.6 Å². The van der Waals surface area contributed by atoms with Gasteiger partial charge in [-0.15, -0.1) is 0 Å². The van der Waals surface area contributed by atoms with Crippen LogP contribution < -0.4 is 5.32 Å². The monoisotopic (exact) mass is 357 g/mol. The molecule has 0 radical (unpaired) electrons. The van der Waals surface area contributed by atoms with Gasteiger partial charge in [0.1, 0.15) is 11.4 Å². The molecule has 1 aromatic heterocycles. The van der Waals surface area contributed by atoms with Gasteiger partial charge in [0.05, 0.1) is 0 Å². The van der Waals surface area contributed by atoms with E-state index >= 15 is 0 Å².